The summed E-state index contributed by atoms with van der Waals surface area (Å²) in [6.45, 7) is 12.6. The second-order valence-corrected chi connectivity index (χ2v) is 7.48. The highest BCUT2D eigenvalue weighted by atomic mass is 16.5. The first-order chi connectivity index (χ1) is 10.4. The molecule has 2 heteroatoms. The van der Waals surface area contributed by atoms with Gasteiger partial charge in [0.2, 0.25) is 0 Å². The molecular weight excluding hydrogens is 272 g/mol. The molecule has 1 aliphatic heterocycles. The van der Waals surface area contributed by atoms with Gasteiger partial charge in [-0.1, -0.05) is 45.8 Å². The Morgan fingerprint density at radius 2 is 2.14 bits per heavy atom. The molecule has 0 fully saturated rings. The maximum absolute atomic E-state index is 5.84. The third-order valence-electron chi connectivity index (χ3n) is 4.31. The normalized spacial score (nSPS) is 16.5. The number of ether oxygens (including phenoxy) is 2. The van der Waals surface area contributed by atoms with Gasteiger partial charge >= 0.3 is 0 Å². The molecule has 2 rings (SSSR count). The van der Waals surface area contributed by atoms with E-state index in [0.717, 1.165) is 24.0 Å². The van der Waals surface area contributed by atoms with Crippen LogP contribution in [0.4, 0.5) is 0 Å². The van der Waals surface area contributed by atoms with Crippen molar-refractivity contribution in [2.45, 2.75) is 59.3 Å². The van der Waals surface area contributed by atoms with Crippen LogP contribution in [0.5, 0.6) is 11.5 Å². The Kier molecular flexibility index (Phi) is 5.55. The lowest BCUT2D eigenvalue weighted by atomic mass is 9.87. The highest BCUT2D eigenvalue weighted by Gasteiger charge is 2.31. The highest BCUT2D eigenvalue weighted by Crippen LogP contribution is 2.40. The van der Waals surface area contributed by atoms with Crippen molar-refractivity contribution in [1.29, 1.82) is 0 Å². The molecule has 0 amide bonds. The number of benzene rings is 1. The number of hydrogen-bond donors (Lipinski definition) is 0. The molecule has 22 heavy (non-hydrogen) atoms. The molecule has 0 N–H and O–H groups in total. The molecule has 2 nitrogen and oxygen atoms in total. The van der Waals surface area contributed by atoms with E-state index < -0.39 is 0 Å². The third-order valence-corrected chi connectivity index (χ3v) is 4.31. The maximum Gasteiger partial charge on any atom is 0.126 e. The first-order valence-corrected chi connectivity index (χ1v) is 8.44. The number of rotatable bonds is 7. The van der Waals surface area contributed by atoms with Gasteiger partial charge < -0.3 is 9.47 Å². The molecule has 1 heterocycles. The Labute approximate surface area is 135 Å². The summed E-state index contributed by atoms with van der Waals surface area (Å²) in [6, 6.07) is 6.21. The summed E-state index contributed by atoms with van der Waals surface area (Å²) in [4.78, 5) is 0. The van der Waals surface area contributed by atoms with E-state index in [1.54, 1.807) is 0 Å². The van der Waals surface area contributed by atoms with Crippen molar-refractivity contribution in [2.75, 3.05) is 13.2 Å². The standard InChI is InChI=1S/C20H30O2/c1-15(2)7-6-8-16(3)11-12-21-17-9-10-18-19(13-17)22-14-20(18,4)5/h9-11,13,15H,6-8,12,14H2,1-5H3/b16-11+. The zero-order chi connectivity index (χ0) is 16.2. The highest BCUT2D eigenvalue weighted by molar-refractivity contribution is 5.47. The Morgan fingerprint density at radius 3 is 2.86 bits per heavy atom. The summed E-state index contributed by atoms with van der Waals surface area (Å²) in [6.07, 6.45) is 5.92. The molecule has 0 radical (unpaired) electrons. The second kappa shape index (κ2) is 7.21. The first-order valence-electron chi connectivity index (χ1n) is 8.44. The molecule has 0 saturated carbocycles. The van der Waals surface area contributed by atoms with Gasteiger partial charge in [-0.25, -0.2) is 0 Å². The SMILES string of the molecule is C/C(=C\COc1ccc2c(c1)OCC2(C)C)CCCC(C)C. The van der Waals surface area contributed by atoms with E-state index >= 15 is 0 Å². The van der Waals surface area contributed by atoms with Gasteiger partial charge in [-0.05, 0) is 37.8 Å². The van der Waals surface area contributed by atoms with Gasteiger partial charge in [-0.2, -0.15) is 0 Å². The first kappa shape index (κ1) is 16.9. The summed E-state index contributed by atoms with van der Waals surface area (Å²) < 4.78 is 11.6. The predicted octanol–water partition coefficient (Wildman–Crippen LogP) is 5.51. The Hall–Kier alpha value is -1.44. The molecule has 1 aromatic rings. The fourth-order valence-electron chi connectivity index (χ4n) is 2.78. The van der Waals surface area contributed by atoms with Crippen LogP contribution < -0.4 is 9.47 Å². The number of allylic oxidation sites excluding steroid dienone is 1. The summed E-state index contributed by atoms with van der Waals surface area (Å²) in [5.41, 5.74) is 2.81. The van der Waals surface area contributed by atoms with Crippen LogP contribution in [0.2, 0.25) is 0 Å². The molecule has 122 valence electrons. The topological polar surface area (TPSA) is 18.5 Å². The summed E-state index contributed by atoms with van der Waals surface area (Å²) in [5.74, 6) is 2.66. The van der Waals surface area contributed by atoms with E-state index in [0.29, 0.717) is 6.61 Å². The van der Waals surface area contributed by atoms with Crippen LogP contribution >= 0.6 is 0 Å². The van der Waals surface area contributed by atoms with Crippen molar-refractivity contribution >= 4 is 0 Å². The largest absolute Gasteiger partial charge is 0.492 e. The van der Waals surface area contributed by atoms with Crippen LogP contribution in [-0.4, -0.2) is 13.2 Å². The minimum Gasteiger partial charge on any atom is -0.492 e. The minimum atomic E-state index is 0.112. The molecule has 0 saturated heterocycles. The van der Waals surface area contributed by atoms with Gasteiger partial charge in [0.05, 0.1) is 6.61 Å². The van der Waals surface area contributed by atoms with E-state index in [1.807, 2.05) is 6.07 Å². The molecule has 1 aromatic carbocycles. The van der Waals surface area contributed by atoms with Gasteiger partial charge in [-0.15, -0.1) is 0 Å². The Morgan fingerprint density at radius 1 is 1.36 bits per heavy atom. The van der Waals surface area contributed by atoms with Crippen molar-refractivity contribution < 1.29 is 9.47 Å². The minimum absolute atomic E-state index is 0.112. The third kappa shape index (κ3) is 4.53. The maximum atomic E-state index is 5.84. The van der Waals surface area contributed by atoms with E-state index in [-0.39, 0.29) is 5.41 Å². The monoisotopic (exact) mass is 302 g/mol. The molecule has 0 aliphatic carbocycles. The van der Waals surface area contributed by atoms with Crippen molar-refractivity contribution in [3.05, 3.63) is 35.4 Å². The lowest BCUT2D eigenvalue weighted by Crippen LogP contribution is -2.18. The van der Waals surface area contributed by atoms with Crippen LogP contribution in [0.1, 0.15) is 59.4 Å². The van der Waals surface area contributed by atoms with Crippen LogP contribution in [0.15, 0.2) is 29.8 Å². The average Bonchev–Trinajstić information content (AvgIpc) is 2.74. The quantitative estimate of drug-likeness (QED) is 0.618. The van der Waals surface area contributed by atoms with Crippen LogP contribution in [0.25, 0.3) is 0 Å². The second-order valence-electron chi connectivity index (χ2n) is 7.48. The molecule has 1 aliphatic rings. The summed E-state index contributed by atoms with van der Waals surface area (Å²) in [5, 5.41) is 0. The van der Waals surface area contributed by atoms with Crippen LogP contribution in [0.3, 0.4) is 0 Å². The molecule has 0 unspecified atom stereocenters. The summed E-state index contributed by atoms with van der Waals surface area (Å²) in [7, 11) is 0. The Bertz CT molecular complexity index is 527. The molecule has 0 aromatic heterocycles. The zero-order valence-corrected chi connectivity index (χ0v) is 14.7. The van der Waals surface area contributed by atoms with Gasteiger partial charge in [0.15, 0.2) is 0 Å². The molecule has 0 spiro atoms. The van der Waals surface area contributed by atoms with Crippen molar-refractivity contribution in [2.24, 2.45) is 5.92 Å². The summed E-state index contributed by atoms with van der Waals surface area (Å²) >= 11 is 0. The lowest BCUT2D eigenvalue weighted by Gasteiger charge is -2.15. The van der Waals surface area contributed by atoms with E-state index in [1.165, 1.54) is 30.4 Å². The molecule has 0 atom stereocenters. The van der Waals surface area contributed by atoms with Crippen LogP contribution in [0, 0.1) is 5.92 Å². The predicted molar refractivity (Wildman–Crippen MR) is 92.9 cm³/mol. The van der Waals surface area contributed by atoms with Gasteiger partial charge in [0.1, 0.15) is 18.1 Å². The van der Waals surface area contributed by atoms with Gasteiger partial charge in [-0.3, -0.25) is 0 Å². The zero-order valence-electron chi connectivity index (χ0n) is 14.7. The van der Waals surface area contributed by atoms with Crippen LogP contribution in [-0.2, 0) is 5.41 Å². The lowest BCUT2D eigenvalue weighted by molar-refractivity contribution is 0.289. The number of fused-ring (bicyclic) bond motifs is 1. The average molecular weight is 302 g/mol. The molecule has 0 bridgehead atoms. The van der Waals surface area contributed by atoms with E-state index in [9.17, 15) is 0 Å². The van der Waals surface area contributed by atoms with Gasteiger partial charge in [0, 0.05) is 17.0 Å². The fourth-order valence-corrected chi connectivity index (χ4v) is 2.78. The number of hydrogen-bond acceptors (Lipinski definition) is 2. The van der Waals surface area contributed by atoms with Gasteiger partial charge in [0.25, 0.3) is 0 Å². The Balaban J connectivity index is 1.83. The van der Waals surface area contributed by atoms with Crippen molar-refractivity contribution in [3.63, 3.8) is 0 Å². The van der Waals surface area contributed by atoms with Crippen molar-refractivity contribution in [3.8, 4) is 11.5 Å². The van der Waals surface area contributed by atoms with Crippen molar-refractivity contribution in [1.82, 2.24) is 0 Å². The molecular formula is C20H30O2. The smallest absolute Gasteiger partial charge is 0.126 e. The van der Waals surface area contributed by atoms with E-state index in [2.05, 4.69) is 52.8 Å². The fraction of sp³-hybridized carbons (Fsp3) is 0.600. The van der Waals surface area contributed by atoms with E-state index in [4.69, 9.17) is 9.47 Å².